The Kier molecular flexibility index (Phi) is 6.64. The maximum Gasteiger partial charge on any atom is 0.255 e. The van der Waals surface area contributed by atoms with Crippen LogP contribution in [-0.4, -0.2) is 49.7 Å². The highest BCUT2D eigenvalue weighted by atomic mass is 32.2. The minimum absolute atomic E-state index is 0.0340. The van der Waals surface area contributed by atoms with E-state index >= 15 is 0 Å². The molecule has 1 amide bonds. The molecule has 2 aromatic heterocycles. The molecule has 0 atom stereocenters. The van der Waals surface area contributed by atoms with Crippen LogP contribution in [0.3, 0.4) is 0 Å². The van der Waals surface area contributed by atoms with Gasteiger partial charge >= 0.3 is 0 Å². The molecule has 1 saturated heterocycles. The van der Waals surface area contributed by atoms with Crippen LogP contribution in [0.4, 0.5) is 0 Å². The maximum atomic E-state index is 13.2. The number of carbonyl (C=O) groups is 1. The Morgan fingerprint density at radius 1 is 1.03 bits per heavy atom. The van der Waals surface area contributed by atoms with E-state index in [-0.39, 0.29) is 5.91 Å². The van der Waals surface area contributed by atoms with Gasteiger partial charge in [-0.15, -0.1) is 34.4 Å². The first-order valence-corrected chi connectivity index (χ1v) is 13.7. The normalized spacial score (nSPS) is 15.4. The van der Waals surface area contributed by atoms with E-state index in [4.69, 9.17) is 0 Å². The smallest absolute Gasteiger partial charge is 0.255 e. The Bertz CT molecular complexity index is 1110. The topological polar surface area (TPSA) is 57.7 Å². The molecule has 3 aromatic rings. The number of nitrogens with zero attached hydrogens (tertiary/aromatic N) is 2. The number of hydrogen-bond acceptors (Lipinski definition) is 6. The van der Waals surface area contributed by atoms with Gasteiger partial charge in [-0.2, -0.15) is 4.31 Å². The van der Waals surface area contributed by atoms with Crippen LogP contribution in [0.25, 0.3) is 0 Å². The number of amides is 1. The van der Waals surface area contributed by atoms with Crippen LogP contribution in [0.15, 0.2) is 63.0 Å². The molecule has 1 fully saturated rings. The molecule has 0 bridgehead atoms. The molecule has 0 saturated carbocycles. The average Bonchev–Trinajstić information content (AvgIpc) is 3.44. The fourth-order valence-electron chi connectivity index (χ4n) is 3.29. The lowest BCUT2D eigenvalue weighted by Crippen LogP contribution is -2.50. The van der Waals surface area contributed by atoms with E-state index in [9.17, 15) is 13.2 Å². The summed E-state index contributed by atoms with van der Waals surface area (Å²) in [7, 11) is -3.49. The zero-order valence-electron chi connectivity index (χ0n) is 16.5. The molecule has 1 aromatic carbocycles. The molecule has 30 heavy (non-hydrogen) atoms. The quantitative estimate of drug-likeness (QED) is 0.488. The van der Waals surface area contributed by atoms with E-state index in [1.165, 1.54) is 20.5 Å². The maximum absolute atomic E-state index is 13.2. The molecule has 3 heterocycles. The monoisotopic (exact) mass is 478 g/mol. The van der Waals surface area contributed by atoms with Crippen molar-refractivity contribution in [2.45, 2.75) is 21.8 Å². The third-order valence-electron chi connectivity index (χ3n) is 4.90. The van der Waals surface area contributed by atoms with Crippen molar-refractivity contribution in [2.24, 2.45) is 0 Å². The lowest BCUT2D eigenvalue weighted by atomic mass is 10.2. The Balaban J connectivity index is 1.42. The highest BCUT2D eigenvalue weighted by molar-refractivity contribution is 7.98. The zero-order chi connectivity index (χ0) is 21.1. The van der Waals surface area contributed by atoms with Gasteiger partial charge in [0.1, 0.15) is 4.21 Å². The minimum atomic E-state index is -3.49. The Hall–Kier alpha value is -1.65. The molecule has 1 aliphatic heterocycles. The molecule has 0 radical (unpaired) electrons. The number of benzene rings is 1. The number of sulfonamides is 1. The molecule has 158 valence electrons. The molecular formula is C21H22N2O3S4. The van der Waals surface area contributed by atoms with Gasteiger partial charge in [0.05, 0.1) is 5.56 Å². The first-order chi connectivity index (χ1) is 14.4. The predicted molar refractivity (Wildman–Crippen MR) is 124 cm³/mol. The van der Waals surface area contributed by atoms with Crippen molar-refractivity contribution in [2.75, 3.05) is 26.2 Å². The third-order valence-corrected chi connectivity index (χ3v) is 10.5. The van der Waals surface area contributed by atoms with Crippen LogP contribution >= 0.6 is 34.4 Å². The van der Waals surface area contributed by atoms with E-state index in [2.05, 4.69) is 11.4 Å². The van der Waals surface area contributed by atoms with E-state index in [1.54, 1.807) is 34.1 Å². The number of thioether (sulfide) groups is 1. The van der Waals surface area contributed by atoms with Crippen LogP contribution in [0.1, 0.15) is 20.1 Å². The molecule has 4 rings (SSSR count). The van der Waals surface area contributed by atoms with Crippen molar-refractivity contribution in [1.29, 1.82) is 0 Å². The van der Waals surface area contributed by atoms with E-state index < -0.39 is 10.0 Å². The number of carbonyl (C=O) groups excluding carboxylic acids is 1. The van der Waals surface area contributed by atoms with Gasteiger partial charge in [-0.1, -0.05) is 18.2 Å². The lowest BCUT2D eigenvalue weighted by molar-refractivity contribution is 0.0694. The van der Waals surface area contributed by atoms with Gasteiger partial charge in [0.25, 0.3) is 15.9 Å². The summed E-state index contributed by atoms with van der Waals surface area (Å²) in [4.78, 5) is 18.1. The van der Waals surface area contributed by atoms with Crippen molar-refractivity contribution < 1.29 is 13.2 Å². The summed E-state index contributed by atoms with van der Waals surface area (Å²) in [6.07, 6.45) is 0. The van der Waals surface area contributed by atoms with E-state index in [1.807, 2.05) is 43.3 Å². The molecule has 0 spiro atoms. The summed E-state index contributed by atoms with van der Waals surface area (Å²) < 4.78 is 27.5. The number of thiophene rings is 2. The van der Waals surface area contributed by atoms with Crippen LogP contribution in [-0.2, 0) is 15.8 Å². The predicted octanol–water partition coefficient (Wildman–Crippen LogP) is 4.56. The SMILES string of the molecule is Cc1ccc(S(=O)(=O)N2CCN(C(=O)c3ccccc3SCc3cccs3)CC2)s1. The summed E-state index contributed by atoms with van der Waals surface area (Å²) >= 11 is 4.65. The Morgan fingerprint density at radius 3 is 2.47 bits per heavy atom. The van der Waals surface area contributed by atoms with Gasteiger partial charge < -0.3 is 4.90 Å². The first-order valence-electron chi connectivity index (χ1n) is 9.55. The standard InChI is InChI=1S/C21H22N2O3S4/c1-16-8-9-20(29-16)30(25,26)23-12-10-22(11-13-23)21(24)18-6-2-3-7-19(18)28-15-17-5-4-14-27-17/h2-9,14H,10-13,15H2,1H3. The first kappa shape index (κ1) is 21.6. The van der Waals surface area contributed by atoms with Gasteiger partial charge in [-0.05, 0) is 42.6 Å². The van der Waals surface area contributed by atoms with Crippen molar-refractivity contribution in [1.82, 2.24) is 9.21 Å². The van der Waals surface area contributed by atoms with Gasteiger partial charge in [0, 0.05) is 46.6 Å². The van der Waals surface area contributed by atoms with Gasteiger partial charge in [0.15, 0.2) is 0 Å². The van der Waals surface area contributed by atoms with Crippen molar-refractivity contribution >= 4 is 50.4 Å². The zero-order valence-corrected chi connectivity index (χ0v) is 19.7. The van der Waals surface area contributed by atoms with E-state index in [0.717, 1.165) is 15.5 Å². The summed E-state index contributed by atoms with van der Waals surface area (Å²) in [6.45, 7) is 3.32. The lowest BCUT2D eigenvalue weighted by Gasteiger charge is -2.34. The molecule has 5 nitrogen and oxygen atoms in total. The molecule has 1 aliphatic rings. The van der Waals surface area contributed by atoms with Crippen LogP contribution < -0.4 is 0 Å². The molecule has 0 unspecified atom stereocenters. The van der Waals surface area contributed by atoms with E-state index in [0.29, 0.717) is 36.0 Å². The number of rotatable bonds is 6. The largest absolute Gasteiger partial charge is 0.336 e. The second kappa shape index (κ2) is 9.23. The van der Waals surface area contributed by atoms with Gasteiger partial charge in [-0.3, -0.25) is 4.79 Å². The molecule has 0 aliphatic carbocycles. The summed E-state index contributed by atoms with van der Waals surface area (Å²) in [6, 6.07) is 15.3. The number of aryl methyl sites for hydroxylation is 1. The minimum Gasteiger partial charge on any atom is -0.336 e. The van der Waals surface area contributed by atoms with Crippen molar-refractivity contribution in [3.05, 3.63) is 69.2 Å². The Labute approximate surface area is 189 Å². The molecule has 0 N–H and O–H groups in total. The second-order valence-corrected chi connectivity index (χ2v) is 12.4. The fraction of sp³-hybridized carbons (Fsp3) is 0.286. The Morgan fingerprint density at radius 2 is 1.80 bits per heavy atom. The summed E-state index contributed by atoms with van der Waals surface area (Å²) in [5.41, 5.74) is 0.684. The fourth-order valence-corrected chi connectivity index (χ4v) is 7.97. The molecule has 9 heteroatoms. The molecular weight excluding hydrogens is 457 g/mol. The number of piperazine rings is 1. The van der Waals surface area contributed by atoms with Crippen LogP contribution in [0.5, 0.6) is 0 Å². The van der Waals surface area contributed by atoms with Crippen LogP contribution in [0.2, 0.25) is 0 Å². The van der Waals surface area contributed by atoms with Gasteiger partial charge in [0.2, 0.25) is 0 Å². The highest BCUT2D eigenvalue weighted by Gasteiger charge is 2.31. The summed E-state index contributed by atoms with van der Waals surface area (Å²) in [5.74, 6) is 0.794. The van der Waals surface area contributed by atoms with Crippen molar-refractivity contribution in [3.8, 4) is 0 Å². The third kappa shape index (κ3) is 4.65. The second-order valence-electron chi connectivity index (χ2n) is 6.93. The van der Waals surface area contributed by atoms with Gasteiger partial charge in [-0.25, -0.2) is 8.42 Å². The highest BCUT2D eigenvalue weighted by Crippen LogP contribution is 2.30. The average molecular weight is 479 g/mol. The van der Waals surface area contributed by atoms with Crippen LogP contribution in [0, 0.1) is 6.92 Å². The van der Waals surface area contributed by atoms with Crippen molar-refractivity contribution in [3.63, 3.8) is 0 Å². The number of hydrogen-bond donors (Lipinski definition) is 0. The summed E-state index contributed by atoms with van der Waals surface area (Å²) in [5, 5.41) is 2.05.